The zero-order valence-corrected chi connectivity index (χ0v) is 13.7. The summed E-state index contributed by atoms with van der Waals surface area (Å²) in [5.74, 6) is 0. The van der Waals surface area contributed by atoms with Crippen LogP contribution in [0.15, 0.2) is 23.1 Å². The molecule has 7 heteroatoms. The fourth-order valence-electron chi connectivity index (χ4n) is 2.37. The van der Waals surface area contributed by atoms with Crippen LogP contribution in [0.2, 0.25) is 0 Å². The van der Waals surface area contributed by atoms with Crippen LogP contribution in [0.1, 0.15) is 26.7 Å². The minimum atomic E-state index is -3.75. The van der Waals surface area contributed by atoms with E-state index in [-0.39, 0.29) is 10.9 Å². The van der Waals surface area contributed by atoms with E-state index in [9.17, 15) is 8.42 Å². The quantitative estimate of drug-likeness (QED) is 0.709. The Balaban J connectivity index is 3.28. The van der Waals surface area contributed by atoms with E-state index in [1.54, 1.807) is 19.2 Å². The first-order chi connectivity index (χ1) is 9.85. The van der Waals surface area contributed by atoms with E-state index in [0.29, 0.717) is 24.5 Å². The number of ether oxygens (including phenoxy) is 1. The van der Waals surface area contributed by atoms with Crippen molar-refractivity contribution in [3.63, 3.8) is 0 Å². The van der Waals surface area contributed by atoms with E-state index in [0.717, 1.165) is 12.8 Å². The highest BCUT2D eigenvalue weighted by Gasteiger charge is 2.20. The lowest BCUT2D eigenvalue weighted by molar-refractivity contribution is 0.202. The molecule has 1 rings (SSSR count). The smallest absolute Gasteiger partial charge is 0.238 e. The van der Waals surface area contributed by atoms with E-state index >= 15 is 0 Å². The maximum absolute atomic E-state index is 11.5. The minimum Gasteiger partial charge on any atom is -0.397 e. The van der Waals surface area contributed by atoms with Gasteiger partial charge in [0.25, 0.3) is 0 Å². The summed E-state index contributed by atoms with van der Waals surface area (Å²) in [7, 11) is -2.11. The first kappa shape index (κ1) is 17.7. The summed E-state index contributed by atoms with van der Waals surface area (Å²) in [5, 5.41) is 5.21. The summed E-state index contributed by atoms with van der Waals surface area (Å²) in [6.07, 6.45) is 1.86. The number of nitrogens with zero attached hydrogens (tertiary/aromatic N) is 1. The zero-order chi connectivity index (χ0) is 16.0. The molecule has 0 saturated carbocycles. The molecule has 0 bridgehead atoms. The molecule has 4 N–H and O–H groups in total. The molecule has 120 valence electrons. The Labute approximate surface area is 127 Å². The summed E-state index contributed by atoms with van der Waals surface area (Å²) in [4.78, 5) is 2.16. The number of nitrogens with two attached hydrogens (primary N) is 2. The highest BCUT2D eigenvalue weighted by Crippen LogP contribution is 2.29. The second-order valence-corrected chi connectivity index (χ2v) is 6.48. The number of hydrogen-bond acceptors (Lipinski definition) is 5. The van der Waals surface area contributed by atoms with Gasteiger partial charge < -0.3 is 15.4 Å². The van der Waals surface area contributed by atoms with Gasteiger partial charge in [0, 0.05) is 19.7 Å². The molecule has 0 atom stereocenters. The number of sulfonamides is 1. The molecule has 0 aliphatic heterocycles. The molecule has 0 radical (unpaired) electrons. The summed E-state index contributed by atoms with van der Waals surface area (Å²) in [5.41, 5.74) is 7.25. The third kappa shape index (κ3) is 4.59. The standard InChI is InChI=1S/C14H25N3O3S/c1-4-11(5-2)17(8-9-20-3)14-10-12(21(16,18)19)6-7-13(14)15/h6-7,10-11H,4-5,8-9,15H2,1-3H3,(H2,16,18,19). The van der Waals surface area contributed by atoms with Crippen molar-refractivity contribution in [3.05, 3.63) is 18.2 Å². The number of nitrogen functional groups attached to an aromatic ring is 1. The number of methoxy groups -OCH3 is 1. The molecule has 0 fully saturated rings. The van der Waals surface area contributed by atoms with Crippen LogP contribution in [0.5, 0.6) is 0 Å². The number of hydrogen-bond donors (Lipinski definition) is 2. The van der Waals surface area contributed by atoms with Gasteiger partial charge in [0.15, 0.2) is 0 Å². The number of rotatable bonds is 8. The molecule has 0 saturated heterocycles. The predicted octanol–water partition coefficient (Wildman–Crippen LogP) is 1.56. The summed E-state index contributed by atoms with van der Waals surface area (Å²) in [6, 6.07) is 4.81. The second kappa shape index (κ2) is 7.63. The van der Waals surface area contributed by atoms with Crippen LogP contribution >= 0.6 is 0 Å². The highest BCUT2D eigenvalue weighted by molar-refractivity contribution is 7.89. The summed E-state index contributed by atoms with van der Waals surface area (Å²) >= 11 is 0. The molecule has 0 aromatic heterocycles. The van der Waals surface area contributed by atoms with Crippen molar-refractivity contribution < 1.29 is 13.2 Å². The third-order valence-corrected chi connectivity index (χ3v) is 4.47. The molecule has 0 aliphatic rings. The molecular formula is C14H25N3O3S. The molecule has 0 aliphatic carbocycles. The van der Waals surface area contributed by atoms with Crippen LogP contribution in [0.25, 0.3) is 0 Å². The first-order valence-corrected chi connectivity index (χ1v) is 8.57. The molecule has 21 heavy (non-hydrogen) atoms. The van der Waals surface area contributed by atoms with Crippen molar-refractivity contribution in [2.75, 3.05) is 30.9 Å². The minimum absolute atomic E-state index is 0.0695. The maximum atomic E-state index is 11.5. The van der Waals surface area contributed by atoms with Gasteiger partial charge in [-0.1, -0.05) is 13.8 Å². The predicted molar refractivity (Wildman–Crippen MR) is 85.8 cm³/mol. The van der Waals surface area contributed by atoms with Gasteiger partial charge in [0.1, 0.15) is 0 Å². The summed E-state index contributed by atoms with van der Waals surface area (Å²) < 4.78 is 28.2. The van der Waals surface area contributed by atoms with E-state index in [2.05, 4.69) is 18.7 Å². The van der Waals surface area contributed by atoms with Gasteiger partial charge in [0.05, 0.1) is 22.9 Å². The van der Waals surface area contributed by atoms with E-state index in [1.165, 1.54) is 6.07 Å². The number of benzene rings is 1. The third-order valence-electron chi connectivity index (χ3n) is 3.56. The van der Waals surface area contributed by atoms with Crippen LogP contribution in [0.3, 0.4) is 0 Å². The Kier molecular flexibility index (Phi) is 6.44. The zero-order valence-electron chi connectivity index (χ0n) is 12.9. The van der Waals surface area contributed by atoms with Crippen molar-refractivity contribution in [2.24, 2.45) is 5.14 Å². The van der Waals surface area contributed by atoms with Gasteiger partial charge >= 0.3 is 0 Å². The van der Waals surface area contributed by atoms with Gasteiger partial charge in [-0.05, 0) is 31.0 Å². The first-order valence-electron chi connectivity index (χ1n) is 7.03. The Bertz CT molecular complexity index is 557. The molecule has 1 aromatic carbocycles. The van der Waals surface area contributed by atoms with Gasteiger partial charge in [-0.2, -0.15) is 0 Å². The monoisotopic (exact) mass is 315 g/mol. The molecule has 6 nitrogen and oxygen atoms in total. The fraction of sp³-hybridized carbons (Fsp3) is 0.571. The Morgan fingerprint density at radius 2 is 1.90 bits per heavy atom. The van der Waals surface area contributed by atoms with Gasteiger partial charge in [-0.3, -0.25) is 0 Å². The van der Waals surface area contributed by atoms with Gasteiger partial charge in [-0.25, -0.2) is 13.6 Å². The van der Waals surface area contributed by atoms with Crippen molar-refractivity contribution >= 4 is 21.4 Å². The lowest BCUT2D eigenvalue weighted by Crippen LogP contribution is -2.37. The van der Waals surface area contributed by atoms with Crippen LogP contribution in [0, 0.1) is 0 Å². The fourth-order valence-corrected chi connectivity index (χ4v) is 2.90. The lowest BCUT2D eigenvalue weighted by atomic mass is 10.1. The Morgan fingerprint density at radius 1 is 1.29 bits per heavy atom. The van der Waals surface area contributed by atoms with Crippen LogP contribution in [-0.4, -0.2) is 34.7 Å². The molecule has 1 aromatic rings. The van der Waals surface area contributed by atoms with Crippen molar-refractivity contribution in [1.29, 1.82) is 0 Å². The van der Waals surface area contributed by atoms with Crippen molar-refractivity contribution in [1.82, 2.24) is 0 Å². The van der Waals surface area contributed by atoms with E-state index < -0.39 is 10.0 Å². The highest BCUT2D eigenvalue weighted by atomic mass is 32.2. The molecule has 0 spiro atoms. The van der Waals surface area contributed by atoms with Gasteiger partial charge in [0.2, 0.25) is 10.0 Å². The number of anilines is 2. The second-order valence-electron chi connectivity index (χ2n) is 4.92. The molecule has 0 amide bonds. The largest absolute Gasteiger partial charge is 0.397 e. The number of primary sulfonamides is 1. The average Bonchev–Trinajstić information content (AvgIpc) is 2.43. The van der Waals surface area contributed by atoms with E-state index in [4.69, 9.17) is 15.6 Å². The average molecular weight is 315 g/mol. The SMILES string of the molecule is CCC(CC)N(CCOC)c1cc(S(N)(=O)=O)ccc1N. The molecule has 0 unspecified atom stereocenters. The molecular weight excluding hydrogens is 290 g/mol. The lowest BCUT2D eigenvalue weighted by Gasteiger charge is -2.33. The topological polar surface area (TPSA) is 98.6 Å². The Hall–Kier alpha value is -1.31. The van der Waals surface area contributed by atoms with Crippen LogP contribution in [-0.2, 0) is 14.8 Å². The van der Waals surface area contributed by atoms with Crippen molar-refractivity contribution in [2.45, 2.75) is 37.6 Å². The molecule has 0 heterocycles. The van der Waals surface area contributed by atoms with Crippen LogP contribution in [0.4, 0.5) is 11.4 Å². The van der Waals surface area contributed by atoms with Crippen molar-refractivity contribution in [3.8, 4) is 0 Å². The Morgan fingerprint density at radius 3 is 2.38 bits per heavy atom. The summed E-state index contributed by atoms with van der Waals surface area (Å²) in [6.45, 7) is 5.36. The normalized spacial score (nSPS) is 11.9. The van der Waals surface area contributed by atoms with E-state index in [1.807, 2.05) is 0 Å². The maximum Gasteiger partial charge on any atom is 0.238 e. The van der Waals surface area contributed by atoms with Crippen LogP contribution < -0.4 is 15.8 Å². The van der Waals surface area contributed by atoms with Gasteiger partial charge in [-0.15, -0.1) is 0 Å².